The molecular formula is C27H30N2O2S. The molecule has 5 heteroatoms. The third-order valence-electron chi connectivity index (χ3n) is 5.23. The van der Waals surface area contributed by atoms with Crippen molar-refractivity contribution in [3.63, 3.8) is 0 Å². The summed E-state index contributed by atoms with van der Waals surface area (Å²) in [5, 5.41) is 7.75. The molecule has 0 spiro atoms. The maximum Gasteiger partial charge on any atom is 0.268 e. The lowest BCUT2D eigenvalue weighted by atomic mass is 9.86. The van der Waals surface area contributed by atoms with E-state index >= 15 is 0 Å². The number of rotatable bonds is 6. The SMILES string of the molecule is Cc1cccc(C(=O)N/C(=C\c2cccs2)C(=O)N[C@H](C)c2ccc(C(C)(C)C)cc2)c1. The Balaban J connectivity index is 1.79. The molecule has 1 atom stereocenters. The monoisotopic (exact) mass is 446 g/mol. The van der Waals surface area contributed by atoms with Gasteiger partial charge in [0.1, 0.15) is 5.70 Å². The maximum absolute atomic E-state index is 13.1. The second-order valence-electron chi connectivity index (χ2n) is 8.96. The quantitative estimate of drug-likeness (QED) is 0.456. The predicted octanol–water partition coefficient (Wildman–Crippen LogP) is 6.00. The number of benzene rings is 2. The highest BCUT2D eigenvalue weighted by Gasteiger charge is 2.19. The number of carbonyl (C=O) groups is 2. The molecule has 0 saturated carbocycles. The van der Waals surface area contributed by atoms with Crippen LogP contribution in [0.15, 0.2) is 71.7 Å². The molecule has 2 aromatic carbocycles. The van der Waals surface area contributed by atoms with Gasteiger partial charge in [0.25, 0.3) is 11.8 Å². The van der Waals surface area contributed by atoms with Gasteiger partial charge in [0.2, 0.25) is 0 Å². The van der Waals surface area contributed by atoms with Crippen LogP contribution in [-0.2, 0) is 10.2 Å². The molecule has 0 aliphatic rings. The molecule has 1 heterocycles. The number of hydrogen-bond acceptors (Lipinski definition) is 3. The van der Waals surface area contributed by atoms with E-state index in [1.807, 2.05) is 55.6 Å². The zero-order valence-corrected chi connectivity index (χ0v) is 20.0. The molecule has 0 saturated heterocycles. The van der Waals surface area contributed by atoms with E-state index in [9.17, 15) is 9.59 Å². The van der Waals surface area contributed by atoms with Crippen molar-refractivity contribution in [1.29, 1.82) is 0 Å². The van der Waals surface area contributed by atoms with Gasteiger partial charge < -0.3 is 10.6 Å². The van der Waals surface area contributed by atoms with Gasteiger partial charge in [0, 0.05) is 10.4 Å². The Labute approximate surface area is 194 Å². The molecule has 166 valence electrons. The van der Waals surface area contributed by atoms with E-state index in [-0.39, 0.29) is 29.0 Å². The van der Waals surface area contributed by atoms with Crippen LogP contribution in [-0.4, -0.2) is 11.8 Å². The molecule has 3 rings (SSSR count). The zero-order valence-electron chi connectivity index (χ0n) is 19.2. The van der Waals surface area contributed by atoms with Crippen LogP contribution in [0, 0.1) is 6.92 Å². The Kier molecular flexibility index (Phi) is 7.31. The Morgan fingerprint density at radius 3 is 2.31 bits per heavy atom. The van der Waals surface area contributed by atoms with E-state index in [0.29, 0.717) is 5.56 Å². The lowest BCUT2D eigenvalue weighted by Crippen LogP contribution is -2.36. The second-order valence-corrected chi connectivity index (χ2v) is 9.94. The Morgan fingerprint density at radius 2 is 1.72 bits per heavy atom. The van der Waals surface area contributed by atoms with Crippen LogP contribution in [0.25, 0.3) is 6.08 Å². The van der Waals surface area contributed by atoms with Crippen LogP contribution >= 0.6 is 11.3 Å². The normalized spacial score (nSPS) is 12.8. The minimum atomic E-state index is -0.327. The Morgan fingerprint density at radius 1 is 1.00 bits per heavy atom. The van der Waals surface area contributed by atoms with Crippen LogP contribution in [0.1, 0.15) is 65.7 Å². The maximum atomic E-state index is 13.1. The number of carbonyl (C=O) groups excluding carboxylic acids is 2. The van der Waals surface area contributed by atoms with E-state index in [2.05, 4.69) is 43.5 Å². The van der Waals surface area contributed by atoms with Gasteiger partial charge in [-0.05, 0) is 60.0 Å². The number of thiophene rings is 1. The molecule has 0 aliphatic heterocycles. The van der Waals surface area contributed by atoms with Crippen LogP contribution < -0.4 is 10.6 Å². The molecule has 3 aromatic rings. The number of nitrogens with one attached hydrogen (secondary N) is 2. The van der Waals surface area contributed by atoms with Crippen LogP contribution in [0.5, 0.6) is 0 Å². The lowest BCUT2D eigenvalue weighted by molar-refractivity contribution is -0.118. The topological polar surface area (TPSA) is 58.2 Å². The van der Waals surface area contributed by atoms with E-state index in [4.69, 9.17) is 0 Å². The molecule has 32 heavy (non-hydrogen) atoms. The van der Waals surface area contributed by atoms with E-state index in [1.165, 1.54) is 16.9 Å². The molecule has 2 N–H and O–H groups in total. The molecular weight excluding hydrogens is 416 g/mol. The van der Waals surface area contributed by atoms with E-state index in [0.717, 1.165) is 16.0 Å². The first kappa shape index (κ1) is 23.5. The van der Waals surface area contributed by atoms with E-state index < -0.39 is 0 Å². The average molecular weight is 447 g/mol. The smallest absolute Gasteiger partial charge is 0.268 e. The van der Waals surface area contributed by atoms with Gasteiger partial charge in [0.15, 0.2) is 0 Å². The number of hydrogen-bond donors (Lipinski definition) is 2. The highest BCUT2D eigenvalue weighted by molar-refractivity contribution is 7.10. The fraction of sp³-hybridized carbons (Fsp3) is 0.259. The first-order valence-electron chi connectivity index (χ1n) is 10.7. The Hall–Kier alpha value is -3.18. The van der Waals surface area contributed by atoms with Crippen molar-refractivity contribution < 1.29 is 9.59 Å². The summed E-state index contributed by atoms with van der Waals surface area (Å²) in [4.78, 5) is 26.8. The summed E-state index contributed by atoms with van der Waals surface area (Å²) >= 11 is 1.51. The second kappa shape index (κ2) is 9.96. The third-order valence-corrected chi connectivity index (χ3v) is 6.05. The largest absolute Gasteiger partial charge is 0.344 e. The Bertz CT molecular complexity index is 1110. The summed E-state index contributed by atoms with van der Waals surface area (Å²) in [6.45, 7) is 10.4. The van der Waals surface area contributed by atoms with Crippen molar-refractivity contribution in [1.82, 2.24) is 10.6 Å². The summed E-state index contributed by atoms with van der Waals surface area (Å²) < 4.78 is 0. The molecule has 1 aromatic heterocycles. The molecule has 0 bridgehead atoms. The fourth-order valence-corrected chi connectivity index (χ4v) is 3.94. The van der Waals surface area contributed by atoms with Crippen molar-refractivity contribution in [3.8, 4) is 0 Å². The summed E-state index contributed by atoms with van der Waals surface area (Å²) in [6.07, 6.45) is 1.71. The molecule has 0 radical (unpaired) electrons. The summed E-state index contributed by atoms with van der Waals surface area (Å²) in [5.41, 5.74) is 4.04. The molecule has 0 unspecified atom stereocenters. The van der Waals surface area contributed by atoms with E-state index in [1.54, 1.807) is 18.2 Å². The summed E-state index contributed by atoms with van der Waals surface area (Å²) in [6, 6.07) is 19.2. The first-order chi connectivity index (χ1) is 15.1. The fourth-order valence-electron chi connectivity index (χ4n) is 3.28. The molecule has 0 aliphatic carbocycles. The molecule has 2 amide bonds. The van der Waals surface area contributed by atoms with Gasteiger partial charge in [-0.3, -0.25) is 9.59 Å². The lowest BCUT2D eigenvalue weighted by Gasteiger charge is -2.21. The van der Waals surface area contributed by atoms with Crippen molar-refractivity contribution >= 4 is 29.2 Å². The molecule has 4 nitrogen and oxygen atoms in total. The average Bonchev–Trinajstić information content (AvgIpc) is 3.25. The minimum absolute atomic E-state index is 0.0711. The van der Waals surface area contributed by atoms with Crippen molar-refractivity contribution in [3.05, 3.63) is 98.9 Å². The van der Waals surface area contributed by atoms with Crippen molar-refractivity contribution in [2.24, 2.45) is 0 Å². The highest BCUT2D eigenvalue weighted by atomic mass is 32.1. The van der Waals surface area contributed by atoms with Gasteiger partial charge in [0.05, 0.1) is 6.04 Å². The molecule has 0 fully saturated rings. The van der Waals surface area contributed by atoms with Gasteiger partial charge in [-0.15, -0.1) is 11.3 Å². The zero-order chi connectivity index (χ0) is 23.3. The van der Waals surface area contributed by atoms with Crippen LogP contribution in [0.2, 0.25) is 0 Å². The van der Waals surface area contributed by atoms with Crippen molar-refractivity contribution in [2.75, 3.05) is 0 Å². The van der Waals surface area contributed by atoms with Crippen LogP contribution in [0.3, 0.4) is 0 Å². The number of aryl methyl sites for hydroxylation is 1. The summed E-state index contributed by atoms with van der Waals surface area (Å²) in [7, 11) is 0. The highest BCUT2D eigenvalue weighted by Crippen LogP contribution is 2.24. The van der Waals surface area contributed by atoms with Gasteiger partial charge in [-0.1, -0.05) is 68.8 Å². The van der Waals surface area contributed by atoms with Gasteiger partial charge in [-0.2, -0.15) is 0 Å². The van der Waals surface area contributed by atoms with Gasteiger partial charge >= 0.3 is 0 Å². The summed E-state index contributed by atoms with van der Waals surface area (Å²) in [5.74, 6) is -0.638. The third kappa shape index (κ3) is 6.17. The van der Waals surface area contributed by atoms with Gasteiger partial charge in [-0.25, -0.2) is 0 Å². The minimum Gasteiger partial charge on any atom is -0.344 e. The standard InChI is InChI=1S/C27H30N2O2S/c1-18-8-6-9-21(16-18)25(30)29-24(17-23-10-7-15-32-23)26(31)28-19(2)20-11-13-22(14-12-20)27(3,4)5/h6-17,19H,1-5H3,(H,28,31)(H,29,30)/b24-17-/t19-/m1/s1. The number of amides is 2. The predicted molar refractivity (Wildman–Crippen MR) is 133 cm³/mol. The van der Waals surface area contributed by atoms with Crippen LogP contribution in [0.4, 0.5) is 0 Å². The van der Waals surface area contributed by atoms with Crippen molar-refractivity contribution in [2.45, 2.75) is 46.1 Å². The first-order valence-corrected chi connectivity index (χ1v) is 11.6.